The van der Waals surface area contributed by atoms with Crippen molar-refractivity contribution in [3.05, 3.63) is 66.8 Å². The number of benzene rings is 1. The van der Waals surface area contributed by atoms with Gasteiger partial charge in [-0.05, 0) is 42.3 Å². The standard InChI is InChI=1S/C13H12NO/c1-11-2-4-13(5-3-11)15-10-12-6-8-14-9-7-12/h2-9H,1,10H2. The number of pyridine rings is 1. The molecule has 1 aromatic heterocycles. The minimum atomic E-state index is 0.568. The molecule has 0 amide bonds. The van der Waals surface area contributed by atoms with E-state index >= 15 is 0 Å². The van der Waals surface area contributed by atoms with E-state index in [1.807, 2.05) is 36.4 Å². The molecule has 0 fully saturated rings. The Morgan fingerprint density at radius 1 is 1.00 bits per heavy atom. The monoisotopic (exact) mass is 198 g/mol. The van der Waals surface area contributed by atoms with Crippen molar-refractivity contribution in [2.24, 2.45) is 0 Å². The van der Waals surface area contributed by atoms with Crippen molar-refractivity contribution in [3.63, 3.8) is 0 Å². The topological polar surface area (TPSA) is 22.1 Å². The molecule has 0 spiro atoms. The summed E-state index contributed by atoms with van der Waals surface area (Å²) in [6, 6.07) is 11.6. The van der Waals surface area contributed by atoms with E-state index in [4.69, 9.17) is 4.74 Å². The van der Waals surface area contributed by atoms with Gasteiger partial charge in [-0.25, -0.2) is 0 Å². The largest absolute Gasteiger partial charge is 0.489 e. The summed E-state index contributed by atoms with van der Waals surface area (Å²) in [5.41, 5.74) is 2.11. The van der Waals surface area contributed by atoms with E-state index in [0.29, 0.717) is 6.61 Å². The highest BCUT2D eigenvalue weighted by molar-refractivity contribution is 5.28. The number of ether oxygens (including phenoxy) is 1. The molecule has 0 saturated carbocycles. The number of hydrogen-bond donors (Lipinski definition) is 0. The number of nitrogens with zero attached hydrogens (tertiary/aromatic N) is 1. The summed E-state index contributed by atoms with van der Waals surface area (Å²) < 4.78 is 5.59. The predicted octanol–water partition coefficient (Wildman–Crippen LogP) is 2.84. The van der Waals surface area contributed by atoms with E-state index in [1.165, 1.54) is 0 Å². The highest BCUT2D eigenvalue weighted by Gasteiger charge is 1.94. The molecule has 0 N–H and O–H groups in total. The van der Waals surface area contributed by atoms with Crippen molar-refractivity contribution in [1.29, 1.82) is 0 Å². The zero-order valence-electron chi connectivity index (χ0n) is 8.39. The minimum Gasteiger partial charge on any atom is -0.489 e. The molecule has 15 heavy (non-hydrogen) atoms. The van der Waals surface area contributed by atoms with Gasteiger partial charge in [0, 0.05) is 12.4 Å². The zero-order valence-corrected chi connectivity index (χ0v) is 8.39. The van der Waals surface area contributed by atoms with Crippen LogP contribution in [0.3, 0.4) is 0 Å². The van der Waals surface area contributed by atoms with Crippen molar-refractivity contribution in [2.75, 3.05) is 0 Å². The van der Waals surface area contributed by atoms with Crippen molar-refractivity contribution in [2.45, 2.75) is 6.61 Å². The normalized spacial score (nSPS) is 9.93. The molecule has 0 saturated heterocycles. The summed E-state index contributed by atoms with van der Waals surface area (Å²) >= 11 is 0. The molecule has 0 aliphatic carbocycles. The van der Waals surface area contributed by atoms with Gasteiger partial charge in [0.25, 0.3) is 0 Å². The maximum atomic E-state index is 5.59. The Kier molecular flexibility index (Phi) is 2.98. The van der Waals surface area contributed by atoms with E-state index in [9.17, 15) is 0 Å². The quantitative estimate of drug-likeness (QED) is 0.756. The molecule has 1 aromatic carbocycles. The van der Waals surface area contributed by atoms with Crippen LogP contribution in [0, 0.1) is 6.92 Å². The lowest BCUT2D eigenvalue weighted by atomic mass is 10.2. The predicted molar refractivity (Wildman–Crippen MR) is 59.5 cm³/mol. The lowest BCUT2D eigenvalue weighted by Gasteiger charge is -2.05. The molecule has 0 atom stereocenters. The van der Waals surface area contributed by atoms with E-state index in [0.717, 1.165) is 16.9 Å². The molecule has 2 heteroatoms. The van der Waals surface area contributed by atoms with Gasteiger partial charge in [-0.3, -0.25) is 4.98 Å². The van der Waals surface area contributed by atoms with Crippen LogP contribution < -0.4 is 4.74 Å². The lowest BCUT2D eigenvalue weighted by Crippen LogP contribution is -1.95. The molecular formula is C13H12NO. The Morgan fingerprint density at radius 3 is 2.33 bits per heavy atom. The average molecular weight is 198 g/mol. The van der Waals surface area contributed by atoms with Gasteiger partial charge in [0.15, 0.2) is 0 Å². The van der Waals surface area contributed by atoms with Crippen LogP contribution >= 0.6 is 0 Å². The van der Waals surface area contributed by atoms with Crippen LogP contribution in [0.25, 0.3) is 0 Å². The average Bonchev–Trinajstić information content (AvgIpc) is 2.30. The van der Waals surface area contributed by atoms with E-state index in [-0.39, 0.29) is 0 Å². The van der Waals surface area contributed by atoms with Crippen molar-refractivity contribution >= 4 is 0 Å². The van der Waals surface area contributed by atoms with Crippen LogP contribution in [-0.2, 0) is 6.61 Å². The number of rotatable bonds is 3. The highest BCUT2D eigenvalue weighted by Crippen LogP contribution is 2.13. The lowest BCUT2D eigenvalue weighted by molar-refractivity contribution is 0.306. The molecule has 2 aromatic rings. The van der Waals surface area contributed by atoms with Gasteiger partial charge >= 0.3 is 0 Å². The Balaban J connectivity index is 1.96. The molecule has 1 heterocycles. The number of hydrogen-bond acceptors (Lipinski definition) is 2. The molecule has 2 rings (SSSR count). The van der Waals surface area contributed by atoms with Crippen LogP contribution in [0.1, 0.15) is 11.1 Å². The molecule has 0 bridgehead atoms. The molecule has 75 valence electrons. The van der Waals surface area contributed by atoms with Crippen molar-refractivity contribution in [3.8, 4) is 5.75 Å². The SMILES string of the molecule is [CH2]c1ccc(OCc2ccncc2)cc1. The highest BCUT2D eigenvalue weighted by atomic mass is 16.5. The van der Waals surface area contributed by atoms with Crippen LogP contribution in [0.2, 0.25) is 0 Å². The van der Waals surface area contributed by atoms with Crippen LogP contribution in [0.4, 0.5) is 0 Å². The molecule has 0 aliphatic heterocycles. The van der Waals surface area contributed by atoms with Gasteiger partial charge in [0.05, 0.1) is 0 Å². The van der Waals surface area contributed by atoms with Crippen LogP contribution in [-0.4, -0.2) is 4.98 Å². The first-order valence-electron chi connectivity index (χ1n) is 4.78. The first-order valence-corrected chi connectivity index (χ1v) is 4.78. The van der Waals surface area contributed by atoms with Gasteiger partial charge < -0.3 is 4.74 Å². The number of aromatic nitrogens is 1. The maximum Gasteiger partial charge on any atom is 0.119 e. The zero-order chi connectivity index (χ0) is 10.5. The van der Waals surface area contributed by atoms with Crippen molar-refractivity contribution < 1.29 is 4.74 Å². The fourth-order valence-corrected chi connectivity index (χ4v) is 1.23. The van der Waals surface area contributed by atoms with E-state index in [1.54, 1.807) is 12.4 Å². The molecule has 0 aliphatic rings. The summed E-state index contributed by atoms with van der Waals surface area (Å²) in [6.45, 7) is 4.38. The van der Waals surface area contributed by atoms with Gasteiger partial charge in [-0.1, -0.05) is 12.1 Å². The second kappa shape index (κ2) is 4.60. The van der Waals surface area contributed by atoms with E-state index in [2.05, 4.69) is 11.9 Å². The second-order valence-corrected chi connectivity index (χ2v) is 3.29. The Bertz CT molecular complexity index is 408. The smallest absolute Gasteiger partial charge is 0.119 e. The summed E-state index contributed by atoms with van der Waals surface area (Å²) in [5, 5.41) is 0. The van der Waals surface area contributed by atoms with Gasteiger partial charge in [-0.2, -0.15) is 0 Å². The molecule has 0 unspecified atom stereocenters. The molecular weight excluding hydrogens is 186 g/mol. The van der Waals surface area contributed by atoms with Crippen LogP contribution in [0.15, 0.2) is 48.8 Å². The fourth-order valence-electron chi connectivity index (χ4n) is 1.23. The third kappa shape index (κ3) is 2.81. The van der Waals surface area contributed by atoms with Gasteiger partial charge in [0.2, 0.25) is 0 Å². The third-order valence-electron chi connectivity index (χ3n) is 2.08. The van der Waals surface area contributed by atoms with Gasteiger partial charge in [0.1, 0.15) is 12.4 Å². The Morgan fingerprint density at radius 2 is 1.67 bits per heavy atom. The first-order chi connectivity index (χ1) is 7.34. The summed E-state index contributed by atoms with van der Waals surface area (Å²) in [6.07, 6.45) is 3.52. The van der Waals surface area contributed by atoms with E-state index < -0.39 is 0 Å². The summed E-state index contributed by atoms with van der Waals surface area (Å²) in [7, 11) is 0. The van der Waals surface area contributed by atoms with Crippen LogP contribution in [0.5, 0.6) is 5.75 Å². The first kappa shape index (κ1) is 9.71. The van der Waals surface area contributed by atoms with Crippen molar-refractivity contribution in [1.82, 2.24) is 4.98 Å². The third-order valence-corrected chi connectivity index (χ3v) is 2.08. The summed E-state index contributed by atoms with van der Waals surface area (Å²) in [5.74, 6) is 0.860. The molecule has 1 radical (unpaired) electrons. The second-order valence-electron chi connectivity index (χ2n) is 3.29. The minimum absolute atomic E-state index is 0.568. The fraction of sp³-hybridized carbons (Fsp3) is 0.0769. The Labute approximate surface area is 89.6 Å². The molecule has 2 nitrogen and oxygen atoms in total. The summed E-state index contributed by atoms with van der Waals surface area (Å²) in [4.78, 5) is 3.95. The van der Waals surface area contributed by atoms with Gasteiger partial charge in [-0.15, -0.1) is 0 Å². The maximum absolute atomic E-state index is 5.59. The Hall–Kier alpha value is -1.83.